The van der Waals surface area contributed by atoms with Crippen LogP contribution in [-0.2, 0) is 14.8 Å². The Morgan fingerprint density at radius 1 is 1.28 bits per heavy atom. The molecule has 2 aliphatic rings. The van der Waals surface area contributed by atoms with E-state index in [2.05, 4.69) is 0 Å². The van der Waals surface area contributed by atoms with Crippen molar-refractivity contribution < 1.29 is 13.2 Å². The molecule has 0 radical (unpaired) electrons. The zero-order valence-electron chi connectivity index (χ0n) is 10.3. The number of sulfonamides is 1. The van der Waals surface area contributed by atoms with Crippen LogP contribution >= 0.6 is 0 Å². The van der Waals surface area contributed by atoms with Crippen molar-refractivity contribution in [3.8, 4) is 6.07 Å². The average molecular weight is 270 g/mol. The highest BCUT2D eigenvalue weighted by Gasteiger charge is 2.41. The van der Waals surface area contributed by atoms with Gasteiger partial charge < -0.3 is 0 Å². The van der Waals surface area contributed by atoms with E-state index < -0.39 is 15.8 Å². The molecular formula is C12H18N2O3S. The first kappa shape index (κ1) is 13.5. The van der Waals surface area contributed by atoms with Crippen molar-refractivity contribution in [1.29, 1.82) is 5.26 Å². The summed E-state index contributed by atoms with van der Waals surface area (Å²) in [7, 11) is -3.52. The Morgan fingerprint density at radius 3 is 2.67 bits per heavy atom. The van der Waals surface area contributed by atoms with E-state index in [0.717, 1.165) is 32.1 Å². The SMILES string of the molecule is N#CCS(=O)(=O)N1CCCCC1C1CCCC1=O. The number of carbonyl (C=O) groups is 1. The molecule has 100 valence electrons. The number of ketones is 1. The maximum Gasteiger partial charge on any atom is 0.227 e. The normalized spacial score (nSPS) is 30.3. The van der Waals surface area contributed by atoms with Gasteiger partial charge in [-0.25, -0.2) is 8.42 Å². The molecule has 2 atom stereocenters. The fraction of sp³-hybridized carbons (Fsp3) is 0.833. The zero-order chi connectivity index (χ0) is 13.2. The standard InChI is InChI=1S/C12H18N2O3S/c13-7-9-18(16,17)14-8-2-1-5-11(14)10-4-3-6-12(10)15/h10-11H,1-6,8-9H2. The number of hydrogen-bond donors (Lipinski definition) is 0. The molecule has 0 spiro atoms. The molecule has 2 unspecified atom stereocenters. The first-order valence-corrected chi connectivity index (χ1v) is 8.06. The summed E-state index contributed by atoms with van der Waals surface area (Å²) in [6.45, 7) is 0.457. The second-order valence-electron chi connectivity index (χ2n) is 5.05. The Hall–Kier alpha value is -0.930. The molecule has 2 fully saturated rings. The molecule has 0 N–H and O–H groups in total. The summed E-state index contributed by atoms with van der Waals surface area (Å²) in [4.78, 5) is 11.8. The molecule has 0 amide bonds. The van der Waals surface area contributed by atoms with Gasteiger partial charge >= 0.3 is 0 Å². The third-order valence-corrected chi connectivity index (χ3v) is 5.58. The Bertz CT molecular complexity index is 466. The number of piperidine rings is 1. The molecule has 1 aliphatic heterocycles. The molecular weight excluding hydrogens is 252 g/mol. The van der Waals surface area contributed by atoms with Gasteiger partial charge in [-0.3, -0.25) is 4.79 Å². The third kappa shape index (κ3) is 2.57. The van der Waals surface area contributed by atoms with E-state index in [1.54, 1.807) is 6.07 Å². The second-order valence-corrected chi connectivity index (χ2v) is 6.97. The number of rotatable bonds is 3. The first-order valence-electron chi connectivity index (χ1n) is 6.45. The first-order chi connectivity index (χ1) is 8.56. The van der Waals surface area contributed by atoms with Crippen LogP contribution in [0.5, 0.6) is 0 Å². The monoisotopic (exact) mass is 270 g/mol. The van der Waals surface area contributed by atoms with Gasteiger partial charge in [0.1, 0.15) is 5.78 Å². The zero-order valence-corrected chi connectivity index (χ0v) is 11.2. The highest BCUT2D eigenvalue weighted by Crippen LogP contribution is 2.34. The number of carbonyl (C=O) groups excluding carboxylic acids is 1. The lowest BCUT2D eigenvalue weighted by molar-refractivity contribution is -0.122. The Kier molecular flexibility index (Phi) is 4.03. The van der Waals surface area contributed by atoms with E-state index >= 15 is 0 Å². The lowest BCUT2D eigenvalue weighted by Gasteiger charge is -2.37. The van der Waals surface area contributed by atoms with Gasteiger partial charge in [-0.05, 0) is 25.7 Å². The molecule has 1 heterocycles. The highest BCUT2D eigenvalue weighted by atomic mass is 32.2. The molecule has 0 aromatic rings. The van der Waals surface area contributed by atoms with Crippen LogP contribution in [-0.4, -0.2) is 36.8 Å². The predicted octanol–water partition coefficient (Wildman–Crippen LogP) is 1.06. The van der Waals surface area contributed by atoms with Crippen LogP contribution in [0.15, 0.2) is 0 Å². The van der Waals surface area contributed by atoms with Crippen LogP contribution in [0.3, 0.4) is 0 Å². The summed E-state index contributed by atoms with van der Waals surface area (Å²) in [6.07, 6.45) is 4.78. The molecule has 1 saturated carbocycles. The molecule has 0 aromatic heterocycles. The summed E-state index contributed by atoms with van der Waals surface area (Å²) in [5, 5.41) is 8.61. The van der Waals surface area contributed by atoms with E-state index in [-0.39, 0.29) is 17.7 Å². The lowest BCUT2D eigenvalue weighted by Crippen LogP contribution is -2.49. The predicted molar refractivity (Wildman–Crippen MR) is 66.1 cm³/mol. The van der Waals surface area contributed by atoms with Crippen molar-refractivity contribution in [3.05, 3.63) is 0 Å². The largest absolute Gasteiger partial charge is 0.299 e. The van der Waals surface area contributed by atoms with E-state index in [9.17, 15) is 13.2 Å². The summed E-state index contributed by atoms with van der Waals surface area (Å²) in [6, 6.07) is 1.51. The quantitative estimate of drug-likeness (QED) is 0.768. The highest BCUT2D eigenvalue weighted by molar-refractivity contribution is 7.89. The smallest absolute Gasteiger partial charge is 0.227 e. The van der Waals surface area contributed by atoms with Crippen LogP contribution in [0.2, 0.25) is 0 Å². The van der Waals surface area contributed by atoms with Crippen LogP contribution in [0.1, 0.15) is 38.5 Å². The fourth-order valence-corrected chi connectivity index (χ4v) is 4.49. The van der Waals surface area contributed by atoms with Gasteiger partial charge in [0.25, 0.3) is 0 Å². The number of nitriles is 1. The third-order valence-electron chi connectivity index (χ3n) is 3.92. The van der Waals surface area contributed by atoms with Gasteiger partial charge in [0, 0.05) is 24.9 Å². The van der Waals surface area contributed by atoms with Crippen molar-refractivity contribution in [2.75, 3.05) is 12.3 Å². The maximum atomic E-state index is 12.1. The Labute approximate surface area is 108 Å². The Balaban J connectivity index is 2.21. The van der Waals surface area contributed by atoms with Crippen molar-refractivity contribution in [3.63, 3.8) is 0 Å². The van der Waals surface area contributed by atoms with Crippen molar-refractivity contribution in [2.24, 2.45) is 5.92 Å². The van der Waals surface area contributed by atoms with Gasteiger partial charge in [-0.15, -0.1) is 0 Å². The molecule has 2 rings (SSSR count). The lowest BCUT2D eigenvalue weighted by atomic mass is 9.90. The number of hydrogen-bond acceptors (Lipinski definition) is 4. The summed E-state index contributed by atoms with van der Waals surface area (Å²) in [5.74, 6) is -0.428. The molecule has 0 bridgehead atoms. The van der Waals surface area contributed by atoms with E-state index in [0.29, 0.717) is 13.0 Å². The van der Waals surface area contributed by atoms with Gasteiger partial charge in [-0.1, -0.05) is 6.42 Å². The maximum absolute atomic E-state index is 12.1. The minimum absolute atomic E-state index is 0.140. The van der Waals surface area contributed by atoms with Crippen LogP contribution < -0.4 is 0 Å². The summed E-state index contributed by atoms with van der Waals surface area (Å²) >= 11 is 0. The Morgan fingerprint density at radius 2 is 2.06 bits per heavy atom. The van der Waals surface area contributed by atoms with E-state index in [1.807, 2.05) is 0 Å². The number of Topliss-reactive ketones (excluding diaryl/α,β-unsaturated/α-hetero) is 1. The van der Waals surface area contributed by atoms with Crippen LogP contribution in [0.25, 0.3) is 0 Å². The number of nitrogens with zero attached hydrogens (tertiary/aromatic N) is 2. The van der Waals surface area contributed by atoms with Gasteiger partial charge in [0.05, 0.1) is 6.07 Å². The molecule has 5 nitrogen and oxygen atoms in total. The molecule has 1 aliphatic carbocycles. The summed E-state index contributed by atoms with van der Waals surface area (Å²) in [5.41, 5.74) is 0. The van der Waals surface area contributed by atoms with Gasteiger partial charge in [-0.2, -0.15) is 9.57 Å². The molecule has 6 heteroatoms. The topological polar surface area (TPSA) is 78.2 Å². The average Bonchev–Trinajstić information content (AvgIpc) is 2.75. The summed E-state index contributed by atoms with van der Waals surface area (Å²) < 4.78 is 25.5. The van der Waals surface area contributed by atoms with Crippen molar-refractivity contribution >= 4 is 15.8 Å². The minimum atomic E-state index is -3.52. The van der Waals surface area contributed by atoms with Crippen molar-refractivity contribution in [2.45, 2.75) is 44.6 Å². The van der Waals surface area contributed by atoms with E-state index in [4.69, 9.17) is 5.26 Å². The van der Waals surface area contributed by atoms with Gasteiger partial charge in [0.15, 0.2) is 5.75 Å². The molecule has 18 heavy (non-hydrogen) atoms. The van der Waals surface area contributed by atoms with Crippen LogP contribution in [0.4, 0.5) is 0 Å². The van der Waals surface area contributed by atoms with Gasteiger partial charge in [0.2, 0.25) is 10.0 Å². The van der Waals surface area contributed by atoms with E-state index in [1.165, 1.54) is 4.31 Å². The molecule has 1 saturated heterocycles. The molecule has 0 aromatic carbocycles. The minimum Gasteiger partial charge on any atom is -0.299 e. The van der Waals surface area contributed by atoms with Crippen molar-refractivity contribution in [1.82, 2.24) is 4.31 Å². The fourth-order valence-electron chi connectivity index (χ4n) is 3.09. The second kappa shape index (κ2) is 5.37. The van der Waals surface area contributed by atoms with Crippen LogP contribution in [0, 0.1) is 17.2 Å².